The fraction of sp³-hybridized carbons (Fsp3) is 0.375. The van der Waals surface area contributed by atoms with Gasteiger partial charge in [0, 0.05) is 16.2 Å². The molecule has 0 bridgehead atoms. The fourth-order valence-corrected chi connectivity index (χ4v) is 1.34. The molecule has 0 aliphatic heterocycles. The number of nitrogen functional groups attached to an aromatic ring is 1. The lowest BCUT2D eigenvalue weighted by Crippen LogP contribution is -2.24. The first-order valence-corrected chi connectivity index (χ1v) is 4.66. The number of aromatic nitrogens is 1. The highest BCUT2D eigenvalue weighted by Gasteiger charge is 2.15. The minimum atomic E-state index is -0.640. The van der Waals surface area contributed by atoms with E-state index in [0.717, 1.165) is 4.47 Å². The van der Waals surface area contributed by atoms with Crippen LogP contribution in [0.25, 0.3) is 0 Å². The summed E-state index contributed by atoms with van der Waals surface area (Å²) in [5.74, 6) is 0.358. The number of anilines is 1. The summed E-state index contributed by atoms with van der Waals surface area (Å²) < 4.78 is 0.799. The minimum Gasteiger partial charge on any atom is -0.391 e. The Morgan fingerprint density at radius 3 is 2.77 bits per heavy atom. The second-order valence-electron chi connectivity index (χ2n) is 2.89. The molecule has 0 amide bonds. The standard InChI is InChI=1S/C8H12BrN3O/c1-4(13)7(10)6-2-5(9)3-12-8(6)11/h2-4,7,13H,10H2,1H3,(H2,11,12). The predicted molar refractivity (Wildman–Crippen MR) is 55.0 cm³/mol. The molecular formula is C8H12BrN3O. The van der Waals surface area contributed by atoms with Crippen molar-refractivity contribution in [2.75, 3.05) is 5.73 Å². The molecule has 5 N–H and O–H groups in total. The molecule has 13 heavy (non-hydrogen) atoms. The predicted octanol–water partition coefficient (Wildman–Crippen LogP) is 0.807. The quantitative estimate of drug-likeness (QED) is 0.720. The van der Waals surface area contributed by atoms with E-state index in [4.69, 9.17) is 11.5 Å². The van der Waals surface area contributed by atoms with Crippen molar-refractivity contribution in [2.24, 2.45) is 5.73 Å². The molecule has 4 nitrogen and oxygen atoms in total. The first-order valence-electron chi connectivity index (χ1n) is 3.87. The molecule has 0 fully saturated rings. The average molecular weight is 246 g/mol. The number of hydrogen-bond acceptors (Lipinski definition) is 4. The van der Waals surface area contributed by atoms with Gasteiger partial charge in [-0.3, -0.25) is 0 Å². The van der Waals surface area contributed by atoms with E-state index >= 15 is 0 Å². The van der Waals surface area contributed by atoms with Crippen LogP contribution < -0.4 is 11.5 Å². The van der Waals surface area contributed by atoms with E-state index < -0.39 is 12.1 Å². The number of aliphatic hydroxyl groups is 1. The van der Waals surface area contributed by atoms with Crippen LogP contribution >= 0.6 is 15.9 Å². The summed E-state index contributed by atoms with van der Waals surface area (Å²) in [5, 5.41) is 9.27. The largest absolute Gasteiger partial charge is 0.391 e. The highest BCUT2D eigenvalue weighted by atomic mass is 79.9. The average Bonchev–Trinajstić information content (AvgIpc) is 2.08. The maximum absolute atomic E-state index is 9.27. The molecule has 0 saturated carbocycles. The van der Waals surface area contributed by atoms with Crippen LogP contribution in [0.1, 0.15) is 18.5 Å². The second-order valence-corrected chi connectivity index (χ2v) is 3.81. The third kappa shape index (κ3) is 2.40. The summed E-state index contributed by atoms with van der Waals surface area (Å²) in [6.07, 6.45) is 0.950. The second kappa shape index (κ2) is 4.04. The molecule has 0 aromatic carbocycles. The lowest BCUT2D eigenvalue weighted by Gasteiger charge is -2.16. The maximum atomic E-state index is 9.27. The van der Waals surface area contributed by atoms with Crippen LogP contribution in [0, 0.1) is 0 Å². The monoisotopic (exact) mass is 245 g/mol. The molecule has 0 radical (unpaired) electrons. The molecule has 0 aliphatic rings. The number of nitrogens with zero attached hydrogens (tertiary/aromatic N) is 1. The van der Waals surface area contributed by atoms with Gasteiger partial charge in [0.15, 0.2) is 0 Å². The molecule has 0 saturated heterocycles. The first kappa shape index (κ1) is 10.4. The van der Waals surface area contributed by atoms with E-state index in [1.54, 1.807) is 19.2 Å². The zero-order chi connectivity index (χ0) is 10.0. The molecule has 1 heterocycles. The number of nitrogens with two attached hydrogens (primary N) is 2. The van der Waals surface area contributed by atoms with Crippen LogP contribution in [0.2, 0.25) is 0 Å². The van der Waals surface area contributed by atoms with Gasteiger partial charge in [0.2, 0.25) is 0 Å². The van der Waals surface area contributed by atoms with Crippen LogP contribution in [0.15, 0.2) is 16.7 Å². The van der Waals surface area contributed by atoms with Crippen molar-refractivity contribution in [1.29, 1.82) is 0 Å². The third-order valence-corrected chi connectivity index (χ3v) is 2.23. The Morgan fingerprint density at radius 1 is 1.62 bits per heavy atom. The van der Waals surface area contributed by atoms with Crippen molar-refractivity contribution in [3.05, 3.63) is 22.3 Å². The van der Waals surface area contributed by atoms with Gasteiger partial charge in [-0.2, -0.15) is 0 Å². The Labute approximate surface area is 85.1 Å². The molecular weight excluding hydrogens is 234 g/mol. The first-order chi connectivity index (χ1) is 6.02. The zero-order valence-corrected chi connectivity index (χ0v) is 8.82. The van der Waals surface area contributed by atoms with E-state index in [1.165, 1.54) is 0 Å². The van der Waals surface area contributed by atoms with Crippen molar-refractivity contribution < 1.29 is 5.11 Å². The van der Waals surface area contributed by atoms with Gasteiger partial charge >= 0.3 is 0 Å². The Morgan fingerprint density at radius 2 is 2.23 bits per heavy atom. The van der Waals surface area contributed by atoms with Gasteiger partial charge < -0.3 is 16.6 Å². The summed E-state index contributed by atoms with van der Waals surface area (Å²) in [7, 11) is 0. The normalized spacial score (nSPS) is 15.4. The molecule has 2 unspecified atom stereocenters. The maximum Gasteiger partial charge on any atom is 0.128 e. The SMILES string of the molecule is CC(O)C(N)c1cc(Br)cnc1N. The van der Waals surface area contributed by atoms with Gasteiger partial charge in [-0.1, -0.05) is 0 Å². The minimum absolute atomic E-state index is 0.358. The fourth-order valence-electron chi connectivity index (χ4n) is 0.992. The number of halogens is 1. The highest BCUT2D eigenvalue weighted by molar-refractivity contribution is 9.10. The van der Waals surface area contributed by atoms with E-state index in [2.05, 4.69) is 20.9 Å². The topological polar surface area (TPSA) is 85.2 Å². The summed E-state index contributed by atoms with van der Waals surface area (Å²) in [6, 6.07) is 1.27. The molecule has 0 spiro atoms. The summed E-state index contributed by atoms with van der Waals surface area (Å²) in [6.45, 7) is 1.62. The summed E-state index contributed by atoms with van der Waals surface area (Å²) in [5.41, 5.74) is 12.0. The Balaban J connectivity index is 3.05. The van der Waals surface area contributed by atoms with Crippen molar-refractivity contribution >= 4 is 21.7 Å². The van der Waals surface area contributed by atoms with E-state index in [9.17, 15) is 5.11 Å². The van der Waals surface area contributed by atoms with Crippen molar-refractivity contribution in [1.82, 2.24) is 4.98 Å². The van der Waals surface area contributed by atoms with Crippen LogP contribution in [0.3, 0.4) is 0 Å². The van der Waals surface area contributed by atoms with Crippen molar-refractivity contribution in [2.45, 2.75) is 19.1 Å². The molecule has 1 aromatic heterocycles. The molecule has 72 valence electrons. The molecule has 2 atom stereocenters. The summed E-state index contributed by atoms with van der Waals surface area (Å²) >= 11 is 3.26. The number of aliphatic hydroxyl groups excluding tert-OH is 1. The van der Waals surface area contributed by atoms with E-state index in [-0.39, 0.29) is 0 Å². The molecule has 0 aliphatic carbocycles. The van der Waals surface area contributed by atoms with E-state index in [0.29, 0.717) is 11.4 Å². The molecule has 1 aromatic rings. The zero-order valence-electron chi connectivity index (χ0n) is 7.24. The molecule has 1 rings (SSSR count). The Kier molecular flexibility index (Phi) is 3.24. The molecule has 5 heteroatoms. The van der Waals surface area contributed by atoms with Crippen LogP contribution in [0.5, 0.6) is 0 Å². The number of rotatable bonds is 2. The smallest absolute Gasteiger partial charge is 0.128 e. The van der Waals surface area contributed by atoms with Gasteiger partial charge in [-0.15, -0.1) is 0 Å². The Hall–Kier alpha value is -0.650. The van der Waals surface area contributed by atoms with Gasteiger partial charge in [0.1, 0.15) is 5.82 Å². The van der Waals surface area contributed by atoms with E-state index in [1.807, 2.05) is 0 Å². The van der Waals surface area contributed by atoms with Crippen LogP contribution in [0.4, 0.5) is 5.82 Å². The number of pyridine rings is 1. The van der Waals surface area contributed by atoms with Crippen molar-refractivity contribution in [3.8, 4) is 0 Å². The third-order valence-electron chi connectivity index (χ3n) is 1.79. The number of hydrogen-bond donors (Lipinski definition) is 3. The van der Waals surface area contributed by atoms with Gasteiger partial charge in [0.05, 0.1) is 12.1 Å². The van der Waals surface area contributed by atoms with Crippen LogP contribution in [-0.2, 0) is 0 Å². The van der Waals surface area contributed by atoms with Gasteiger partial charge in [-0.05, 0) is 28.9 Å². The Bertz CT molecular complexity index is 303. The lowest BCUT2D eigenvalue weighted by atomic mass is 10.0. The van der Waals surface area contributed by atoms with Crippen molar-refractivity contribution in [3.63, 3.8) is 0 Å². The lowest BCUT2D eigenvalue weighted by molar-refractivity contribution is 0.164. The van der Waals surface area contributed by atoms with Gasteiger partial charge in [-0.25, -0.2) is 4.98 Å². The van der Waals surface area contributed by atoms with Crippen LogP contribution in [-0.4, -0.2) is 16.2 Å². The van der Waals surface area contributed by atoms with Gasteiger partial charge in [0.25, 0.3) is 0 Å². The highest BCUT2D eigenvalue weighted by Crippen LogP contribution is 2.22. The summed E-state index contributed by atoms with van der Waals surface area (Å²) in [4.78, 5) is 3.92.